The summed E-state index contributed by atoms with van der Waals surface area (Å²) in [6, 6.07) is 8.42. The molecule has 3 aromatic rings. The Morgan fingerprint density at radius 3 is 3.17 bits per heavy atom. The molecule has 24 heavy (non-hydrogen) atoms. The van der Waals surface area contributed by atoms with Crippen molar-refractivity contribution in [2.75, 3.05) is 25.1 Å². The summed E-state index contributed by atoms with van der Waals surface area (Å²) in [6.07, 6.45) is 0.349. The molecule has 1 fully saturated rings. The van der Waals surface area contributed by atoms with Gasteiger partial charge in [-0.25, -0.2) is 9.37 Å². The Balaban J connectivity index is 1.56. The van der Waals surface area contributed by atoms with Gasteiger partial charge < -0.3 is 15.4 Å². The van der Waals surface area contributed by atoms with Gasteiger partial charge in [-0.05, 0) is 29.7 Å². The average molecular weight is 345 g/mol. The smallest absolute Gasteiger partial charge is 0.227 e. The highest BCUT2D eigenvalue weighted by atomic mass is 32.1. The Labute approximate surface area is 141 Å². The molecule has 7 heteroatoms. The van der Waals surface area contributed by atoms with E-state index in [1.807, 2.05) is 12.1 Å². The van der Waals surface area contributed by atoms with Crippen molar-refractivity contribution in [1.29, 1.82) is 0 Å². The third kappa shape index (κ3) is 3.10. The standard InChI is InChI=1S/C17H16FN3O2S/c18-11-2-3-13-10(7-11)1-4-14-16(13)24-17(20-14)21-15(22)8-12-9-23-6-5-19-12/h1-4,7,12,19H,5-6,8-9H2,(H,20,21,22)/t12-/m0/s1. The van der Waals surface area contributed by atoms with Crippen LogP contribution in [0.15, 0.2) is 30.3 Å². The number of nitrogens with one attached hydrogen (secondary N) is 2. The number of fused-ring (bicyclic) bond motifs is 3. The van der Waals surface area contributed by atoms with Gasteiger partial charge in [-0.2, -0.15) is 0 Å². The zero-order valence-electron chi connectivity index (χ0n) is 12.8. The molecule has 1 aliphatic rings. The van der Waals surface area contributed by atoms with Crippen molar-refractivity contribution in [2.45, 2.75) is 12.5 Å². The summed E-state index contributed by atoms with van der Waals surface area (Å²) < 4.78 is 19.7. The van der Waals surface area contributed by atoms with Crippen molar-refractivity contribution in [2.24, 2.45) is 0 Å². The molecule has 1 aliphatic heterocycles. The number of carbonyl (C=O) groups excluding carboxylic acids is 1. The minimum Gasteiger partial charge on any atom is -0.378 e. The molecular formula is C17H16FN3O2S. The molecule has 0 aliphatic carbocycles. The maximum Gasteiger partial charge on any atom is 0.227 e. The number of halogens is 1. The van der Waals surface area contributed by atoms with Gasteiger partial charge in [0, 0.05) is 24.4 Å². The SMILES string of the molecule is O=C(C[C@H]1COCCN1)Nc1nc2ccc3cc(F)ccc3c2s1. The fourth-order valence-electron chi connectivity index (χ4n) is 2.88. The number of morpholine rings is 1. The lowest BCUT2D eigenvalue weighted by molar-refractivity contribution is -0.117. The Hall–Kier alpha value is -2.09. The average Bonchev–Trinajstić information content (AvgIpc) is 2.98. The summed E-state index contributed by atoms with van der Waals surface area (Å²) in [6.45, 7) is 1.99. The maximum atomic E-state index is 13.4. The minimum absolute atomic E-state index is 0.0388. The van der Waals surface area contributed by atoms with Crippen LogP contribution in [0.4, 0.5) is 9.52 Å². The number of nitrogens with zero attached hydrogens (tertiary/aromatic N) is 1. The van der Waals surface area contributed by atoms with Gasteiger partial charge in [-0.15, -0.1) is 0 Å². The van der Waals surface area contributed by atoms with Crippen molar-refractivity contribution in [3.63, 3.8) is 0 Å². The number of thiazole rings is 1. The van der Waals surface area contributed by atoms with Gasteiger partial charge in [0.25, 0.3) is 0 Å². The molecule has 2 aromatic carbocycles. The van der Waals surface area contributed by atoms with Gasteiger partial charge in [-0.1, -0.05) is 17.4 Å². The summed E-state index contributed by atoms with van der Waals surface area (Å²) >= 11 is 1.41. The van der Waals surface area contributed by atoms with E-state index in [1.54, 1.807) is 6.07 Å². The van der Waals surface area contributed by atoms with E-state index in [0.717, 1.165) is 27.5 Å². The van der Waals surface area contributed by atoms with Crippen LogP contribution in [-0.4, -0.2) is 36.7 Å². The predicted octanol–water partition coefficient (Wildman–Crippen LogP) is 2.91. The Kier molecular flexibility index (Phi) is 4.13. The molecule has 2 heterocycles. The highest BCUT2D eigenvalue weighted by Crippen LogP contribution is 2.33. The van der Waals surface area contributed by atoms with Gasteiger partial charge in [0.05, 0.1) is 23.4 Å². The number of hydrogen-bond donors (Lipinski definition) is 2. The van der Waals surface area contributed by atoms with E-state index in [-0.39, 0.29) is 17.8 Å². The number of amides is 1. The third-order valence-corrected chi connectivity index (χ3v) is 5.03. The van der Waals surface area contributed by atoms with Crippen LogP contribution in [0.25, 0.3) is 21.0 Å². The van der Waals surface area contributed by atoms with Crippen molar-refractivity contribution in [3.05, 3.63) is 36.1 Å². The molecule has 5 nitrogen and oxygen atoms in total. The third-order valence-electron chi connectivity index (χ3n) is 4.01. The Morgan fingerprint density at radius 2 is 2.33 bits per heavy atom. The van der Waals surface area contributed by atoms with Crippen LogP contribution in [-0.2, 0) is 9.53 Å². The van der Waals surface area contributed by atoms with E-state index in [1.165, 1.54) is 23.5 Å². The lowest BCUT2D eigenvalue weighted by Crippen LogP contribution is -2.43. The lowest BCUT2D eigenvalue weighted by atomic mass is 10.1. The first-order chi connectivity index (χ1) is 11.7. The zero-order chi connectivity index (χ0) is 16.5. The molecule has 0 unspecified atom stereocenters. The molecule has 0 bridgehead atoms. The first-order valence-electron chi connectivity index (χ1n) is 7.79. The van der Waals surface area contributed by atoms with E-state index in [2.05, 4.69) is 15.6 Å². The van der Waals surface area contributed by atoms with Gasteiger partial charge in [0.1, 0.15) is 5.82 Å². The summed E-state index contributed by atoms with van der Waals surface area (Å²) in [4.78, 5) is 16.6. The van der Waals surface area contributed by atoms with E-state index < -0.39 is 0 Å². The normalized spacial score (nSPS) is 18.1. The summed E-state index contributed by atoms with van der Waals surface area (Å²) in [7, 11) is 0. The fourth-order valence-corrected chi connectivity index (χ4v) is 3.90. The quantitative estimate of drug-likeness (QED) is 0.766. The van der Waals surface area contributed by atoms with Crippen LogP contribution in [0.1, 0.15) is 6.42 Å². The van der Waals surface area contributed by atoms with Crippen LogP contribution in [0.2, 0.25) is 0 Å². The maximum absolute atomic E-state index is 13.4. The van der Waals surface area contributed by atoms with Gasteiger partial charge >= 0.3 is 0 Å². The second-order valence-corrected chi connectivity index (χ2v) is 6.78. The summed E-state index contributed by atoms with van der Waals surface area (Å²) in [5.41, 5.74) is 0.800. The zero-order valence-corrected chi connectivity index (χ0v) is 13.7. The monoisotopic (exact) mass is 345 g/mol. The number of rotatable bonds is 3. The van der Waals surface area contributed by atoms with Crippen LogP contribution in [0.5, 0.6) is 0 Å². The molecule has 1 saturated heterocycles. The second-order valence-electron chi connectivity index (χ2n) is 5.78. The largest absolute Gasteiger partial charge is 0.378 e. The highest BCUT2D eigenvalue weighted by molar-refractivity contribution is 7.23. The second kappa shape index (κ2) is 6.43. The molecular weight excluding hydrogens is 329 g/mol. The van der Waals surface area contributed by atoms with Crippen molar-refractivity contribution >= 4 is 43.4 Å². The van der Waals surface area contributed by atoms with E-state index >= 15 is 0 Å². The van der Waals surface area contributed by atoms with Crippen LogP contribution in [0.3, 0.4) is 0 Å². The minimum atomic E-state index is -0.262. The lowest BCUT2D eigenvalue weighted by Gasteiger charge is -2.22. The molecule has 2 N–H and O–H groups in total. The highest BCUT2D eigenvalue weighted by Gasteiger charge is 2.18. The number of benzene rings is 2. The van der Waals surface area contributed by atoms with Crippen molar-refractivity contribution < 1.29 is 13.9 Å². The molecule has 1 amide bonds. The van der Waals surface area contributed by atoms with E-state index in [9.17, 15) is 9.18 Å². The number of aromatic nitrogens is 1. The van der Waals surface area contributed by atoms with Gasteiger partial charge in [0.15, 0.2) is 5.13 Å². The topological polar surface area (TPSA) is 63.2 Å². The van der Waals surface area contributed by atoms with Crippen LogP contribution >= 0.6 is 11.3 Å². The van der Waals surface area contributed by atoms with Gasteiger partial charge in [-0.3, -0.25) is 4.79 Å². The van der Waals surface area contributed by atoms with Crippen molar-refractivity contribution in [3.8, 4) is 0 Å². The summed E-state index contributed by atoms with van der Waals surface area (Å²) in [5.74, 6) is -0.352. The van der Waals surface area contributed by atoms with Crippen LogP contribution in [0, 0.1) is 5.82 Å². The molecule has 124 valence electrons. The van der Waals surface area contributed by atoms with Crippen molar-refractivity contribution in [1.82, 2.24) is 10.3 Å². The number of carbonyl (C=O) groups is 1. The van der Waals surface area contributed by atoms with E-state index in [0.29, 0.717) is 24.8 Å². The Morgan fingerprint density at radius 1 is 1.42 bits per heavy atom. The molecule has 4 rings (SSSR count). The number of anilines is 1. The van der Waals surface area contributed by atoms with E-state index in [4.69, 9.17) is 4.74 Å². The molecule has 0 radical (unpaired) electrons. The van der Waals surface area contributed by atoms with Crippen LogP contribution < -0.4 is 10.6 Å². The summed E-state index contributed by atoms with van der Waals surface area (Å²) in [5, 5.41) is 8.43. The predicted molar refractivity (Wildman–Crippen MR) is 92.9 cm³/mol. The molecule has 1 atom stereocenters. The molecule has 0 spiro atoms. The Bertz CT molecular complexity index is 905. The molecule has 1 aromatic heterocycles. The molecule has 0 saturated carbocycles. The first-order valence-corrected chi connectivity index (χ1v) is 8.60. The number of hydrogen-bond acceptors (Lipinski definition) is 5. The van der Waals surface area contributed by atoms with Gasteiger partial charge in [0.2, 0.25) is 5.91 Å². The first kappa shape index (κ1) is 15.4. The number of ether oxygens (including phenoxy) is 1. The fraction of sp³-hybridized carbons (Fsp3) is 0.294.